The Morgan fingerprint density at radius 3 is 2.56 bits per heavy atom. The molecule has 0 saturated heterocycles. The van der Waals surface area contributed by atoms with Gasteiger partial charge in [-0.2, -0.15) is 0 Å². The third-order valence-corrected chi connectivity index (χ3v) is 7.81. The lowest BCUT2D eigenvalue weighted by atomic mass is 10.1. The standard InChI is InChI=1S/C20H21Cl2N5O3S2/c1-10(2)16(23)19(28)26-20-25-11(3)17(31-20)12-8-14(18(22)24-9-12)27-32(29,30)15-7-5-4-6-13(15)21/h4-10,16,27H,23H2,1-3H3,(H,25,26,28)/t16-/m0/s1. The zero-order valence-electron chi connectivity index (χ0n) is 17.4. The fourth-order valence-electron chi connectivity index (χ4n) is 2.72. The molecule has 4 N–H and O–H groups in total. The molecule has 2 heterocycles. The van der Waals surface area contributed by atoms with Crippen molar-refractivity contribution in [3.8, 4) is 10.4 Å². The lowest BCUT2D eigenvalue weighted by Crippen LogP contribution is -2.39. The molecular weight excluding hydrogens is 493 g/mol. The molecule has 0 spiro atoms. The first-order chi connectivity index (χ1) is 15.0. The van der Waals surface area contributed by atoms with Crippen LogP contribution in [0, 0.1) is 12.8 Å². The van der Waals surface area contributed by atoms with Crippen molar-refractivity contribution < 1.29 is 13.2 Å². The summed E-state index contributed by atoms with van der Waals surface area (Å²) in [6.07, 6.45) is 1.50. The highest BCUT2D eigenvalue weighted by Gasteiger charge is 2.22. The Morgan fingerprint density at radius 2 is 1.91 bits per heavy atom. The number of hydrogen-bond acceptors (Lipinski definition) is 7. The van der Waals surface area contributed by atoms with E-state index in [2.05, 4.69) is 20.0 Å². The Balaban J connectivity index is 1.90. The SMILES string of the molecule is Cc1nc(NC(=O)[C@@H](N)C(C)C)sc1-c1cnc(Cl)c(NS(=O)(=O)c2ccccc2Cl)c1. The second kappa shape index (κ2) is 9.72. The van der Waals surface area contributed by atoms with Crippen LogP contribution in [0.4, 0.5) is 10.8 Å². The van der Waals surface area contributed by atoms with E-state index < -0.39 is 16.1 Å². The minimum atomic E-state index is -3.99. The lowest BCUT2D eigenvalue weighted by Gasteiger charge is -2.13. The Morgan fingerprint density at radius 1 is 1.22 bits per heavy atom. The van der Waals surface area contributed by atoms with Gasteiger partial charge in [0.25, 0.3) is 10.0 Å². The molecule has 0 fully saturated rings. The molecule has 2 aromatic heterocycles. The molecule has 170 valence electrons. The highest BCUT2D eigenvalue weighted by molar-refractivity contribution is 7.92. The van der Waals surface area contributed by atoms with E-state index in [0.717, 1.165) is 0 Å². The van der Waals surface area contributed by atoms with Crippen molar-refractivity contribution >= 4 is 61.3 Å². The van der Waals surface area contributed by atoms with E-state index in [4.69, 9.17) is 28.9 Å². The first-order valence-electron chi connectivity index (χ1n) is 9.46. The van der Waals surface area contributed by atoms with Crippen molar-refractivity contribution in [2.45, 2.75) is 31.7 Å². The fourth-order valence-corrected chi connectivity index (χ4v) is 5.45. The molecule has 32 heavy (non-hydrogen) atoms. The number of sulfonamides is 1. The summed E-state index contributed by atoms with van der Waals surface area (Å²) in [5, 5.41) is 3.16. The van der Waals surface area contributed by atoms with Gasteiger partial charge in [-0.05, 0) is 31.0 Å². The van der Waals surface area contributed by atoms with E-state index in [1.54, 1.807) is 25.1 Å². The number of pyridine rings is 1. The molecule has 8 nitrogen and oxygen atoms in total. The third-order valence-electron chi connectivity index (χ3n) is 4.52. The van der Waals surface area contributed by atoms with Crippen LogP contribution in [-0.4, -0.2) is 30.3 Å². The van der Waals surface area contributed by atoms with Crippen molar-refractivity contribution in [3.05, 3.63) is 52.4 Å². The van der Waals surface area contributed by atoms with Crippen LogP contribution in [0.25, 0.3) is 10.4 Å². The normalized spacial score (nSPS) is 12.6. The van der Waals surface area contributed by atoms with Crippen LogP contribution in [0.1, 0.15) is 19.5 Å². The number of nitrogens with one attached hydrogen (secondary N) is 2. The van der Waals surface area contributed by atoms with Gasteiger partial charge in [-0.1, -0.05) is 60.5 Å². The van der Waals surface area contributed by atoms with Crippen molar-refractivity contribution in [2.75, 3.05) is 10.0 Å². The number of nitrogens with two attached hydrogens (primary N) is 1. The maximum atomic E-state index is 12.8. The summed E-state index contributed by atoms with van der Waals surface area (Å²) in [5.41, 5.74) is 7.18. The first kappa shape index (κ1) is 24.4. The number of carbonyl (C=O) groups is 1. The number of benzene rings is 1. The van der Waals surface area contributed by atoms with Gasteiger partial charge in [0.15, 0.2) is 10.3 Å². The van der Waals surface area contributed by atoms with Crippen LogP contribution >= 0.6 is 34.5 Å². The summed E-state index contributed by atoms with van der Waals surface area (Å²) in [7, 11) is -3.99. The zero-order chi connectivity index (χ0) is 23.6. The average molecular weight is 514 g/mol. The predicted octanol–water partition coefficient (Wildman–Crippen LogP) is 4.54. The fraction of sp³-hybridized carbons (Fsp3) is 0.250. The molecule has 0 aliphatic rings. The van der Waals surface area contributed by atoms with Gasteiger partial charge in [0.1, 0.15) is 4.90 Å². The molecule has 3 rings (SSSR count). The molecule has 0 aliphatic carbocycles. The minimum Gasteiger partial charge on any atom is -0.320 e. The summed E-state index contributed by atoms with van der Waals surface area (Å²) in [6.45, 7) is 5.48. The predicted molar refractivity (Wildman–Crippen MR) is 129 cm³/mol. The monoisotopic (exact) mass is 513 g/mol. The number of anilines is 2. The van der Waals surface area contributed by atoms with E-state index in [1.807, 2.05) is 13.8 Å². The van der Waals surface area contributed by atoms with Gasteiger partial charge in [-0.15, -0.1) is 0 Å². The number of halogens is 2. The van der Waals surface area contributed by atoms with Crippen LogP contribution in [0.2, 0.25) is 10.2 Å². The molecule has 0 bridgehead atoms. The van der Waals surface area contributed by atoms with Crippen molar-refractivity contribution in [2.24, 2.45) is 11.7 Å². The van der Waals surface area contributed by atoms with Crippen molar-refractivity contribution in [1.82, 2.24) is 9.97 Å². The van der Waals surface area contributed by atoms with Crippen LogP contribution in [0.5, 0.6) is 0 Å². The number of hydrogen-bond donors (Lipinski definition) is 3. The van der Waals surface area contributed by atoms with Gasteiger partial charge in [0.05, 0.1) is 27.3 Å². The van der Waals surface area contributed by atoms with E-state index >= 15 is 0 Å². The van der Waals surface area contributed by atoms with Crippen LogP contribution < -0.4 is 15.8 Å². The summed E-state index contributed by atoms with van der Waals surface area (Å²) in [6, 6.07) is 6.96. The summed E-state index contributed by atoms with van der Waals surface area (Å²) in [4.78, 5) is 21.3. The maximum absolute atomic E-state index is 12.8. The number of amides is 1. The second-order valence-corrected chi connectivity index (χ2v) is 10.7. The van der Waals surface area contributed by atoms with Gasteiger partial charge in [0, 0.05) is 11.8 Å². The number of thiazole rings is 1. The maximum Gasteiger partial charge on any atom is 0.263 e. The Kier molecular flexibility index (Phi) is 7.41. The van der Waals surface area contributed by atoms with Gasteiger partial charge >= 0.3 is 0 Å². The van der Waals surface area contributed by atoms with Crippen LogP contribution in [-0.2, 0) is 14.8 Å². The Labute approximate surface area is 200 Å². The molecule has 0 saturated carbocycles. The van der Waals surface area contributed by atoms with E-state index in [-0.39, 0.29) is 32.6 Å². The highest BCUT2D eigenvalue weighted by atomic mass is 35.5. The van der Waals surface area contributed by atoms with Crippen LogP contribution in [0.3, 0.4) is 0 Å². The topological polar surface area (TPSA) is 127 Å². The largest absolute Gasteiger partial charge is 0.320 e. The molecule has 1 aromatic carbocycles. The molecule has 3 aromatic rings. The number of aryl methyl sites for hydroxylation is 1. The average Bonchev–Trinajstić information content (AvgIpc) is 3.08. The number of aromatic nitrogens is 2. The molecule has 0 unspecified atom stereocenters. The quantitative estimate of drug-likeness (QED) is 0.397. The molecule has 0 aliphatic heterocycles. The van der Waals surface area contributed by atoms with Gasteiger partial charge in [-0.3, -0.25) is 9.52 Å². The van der Waals surface area contributed by atoms with E-state index in [9.17, 15) is 13.2 Å². The minimum absolute atomic E-state index is 0.0234. The third kappa shape index (κ3) is 5.38. The number of rotatable bonds is 7. The lowest BCUT2D eigenvalue weighted by molar-refractivity contribution is -0.118. The highest BCUT2D eigenvalue weighted by Crippen LogP contribution is 2.36. The smallest absolute Gasteiger partial charge is 0.263 e. The van der Waals surface area contributed by atoms with Crippen molar-refractivity contribution in [1.29, 1.82) is 0 Å². The zero-order valence-corrected chi connectivity index (χ0v) is 20.5. The molecule has 1 atom stereocenters. The molecule has 12 heteroatoms. The van der Waals surface area contributed by atoms with E-state index in [0.29, 0.717) is 21.3 Å². The molecule has 0 radical (unpaired) electrons. The molecular formula is C20H21Cl2N5O3S2. The number of nitrogens with zero attached hydrogens (tertiary/aromatic N) is 2. The Hall–Kier alpha value is -2.24. The summed E-state index contributed by atoms with van der Waals surface area (Å²) < 4.78 is 28.0. The van der Waals surface area contributed by atoms with Crippen LogP contribution in [0.15, 0.2) is 41.4 Å². The van der Waals surface area contributed by atoms with Gasteiger partial charge in [-0.25, -0.2) is 18.4 Å². The second-order valence-electron chi connectivity index (χ2n) is 7.29. The summed E-state index contributed by atoms with van der Waals surface area (Å²) >= 11 is 13.4. The summed E-state index contributed by atoms with van der Waals surface area (Å²) in [5.74, 6) is -0.354. The van der Waals surface area contributed by atoms with Crippen molar-refractivity contribution in [3.63, 3.8) is 0 Å². The number of carbonyl (C=O) groups excluding carboxylic acids is 1. The molecule has 1 amide bonds. The van der Waals surface area contributed by atoms with Gasteiger partial charge in [0.2, 0.25) is 5.91 Å². The van der Waals surface area contributed by atoms with E-state index in [1.165, 1.54) is 29.7 Å². The Bertz CT molecular complexity index is 1260. The first-order valence-corrected chi connectivity index (χ1v) is 12.5. The van der Waals surface area contributed by atoms with Gasteiger partial charge < -0.3 is 11.1 Å².